The highest BCUT2D eigenvalue weighted by Gasteiger charge is 2.44. The van der Waals surface area contributed by atoms with Crippen molar-refractivity contribution in [1.29, 1.82) is 0 Å². The molecule has 2 fully saturated rings. The number of carbonyl (C=O) groups excluding carboxylic acids is 1. The summed E-state index contributed by atoms with van der Waals surface area (Å²) < 4.78 is 5.73. The third-order valence-corrected chi connectivity index (χ3v) is 5.08. The van der Waals surface area contributed by atoms with Crippen LogP contribution >= 0.6 is 11.3 Å². The van der Waals surface area contributed by atoms with Crippen LogP contribution in [0.5, 0.6) is 5.75 Å². The van der Waals surface area contributed by atoms with Crippen molar-refractivity contribution < 1.29 is 14.6 Å². The Labute approximate surface area is 132 Å². The van der Waals surface area contributed by atoms with E-state index in [9.17, 15) is 9.90 Å². The van der Waals surface area contributed by atoms with E-state index in [1.165, 1.54) is 11.3 Å². The smallest absolute Gasteiger partial charge is 0.231 e. The number of hydrogen-bond donors (Lipinski definition) is 2. The maximum absolute atomic E-state index is 12.3. The fourth-order valence-corrected chi connectivity index (χ4v) is 3.96. The first-order valence-electron chi connectivity index (χ1n) is 7.40. The average molecular weight is 316 g/mol. The Hall–Kier alpha value is -1.92. The first-order chi connectivity index (χ1) is 10.7. The molecule has 0 aliphatic carbocycles. The summed E-state index contributed by atoms with van der Waals surface area (Å²) in [6.45, 7) is 0. The predicted octanol–water partition coefficient (Wildman–Crippen LogP) is 3.02. The Balaban J connectivity index is 1.47. The minimum atomic E-state index is -0.0492. The van der Waals surface area contributed by atoms with E-state index in [4.69, 9.17) is 4.74 Å². The van der Waals surface area contributed by atoms with Gasteiger partial charge in [0.05, 0.1) is 23.8 Å². The van der Waals surface area contributed by atoms with Crippen LogP contribution in [-0.2, 0) is 9.53 Å². The molecule has 2 aromatic rings. The lowest BCUT2D eigenvalue weighted by Crippen LogP contribution is -2.30. The first kappa shape index (κ1) is 13.7. The Morgan fingerprint density at radius 1 is 1.41 bits per heavy atom. The number of fused-ring (bicyclic) bond motifs is 2. The standard InChI is InChI=1S/C16H16N2O3S/c19-10-3-1-2-9(6-10)13-8-22-16(17-13)18-15(20)12-7-11-4-5-14(12)21-11/h1-3,6,8,11-12,14,19H,4-5,7H2,(H,17,18,20). The molecule has 6 heteroatoms. The number of rotatable bonds is 3. The van der Waals surface area contributed by atoms with Crippen LogP contribution in [0.15, 0.2) is 29.6 Å². The first-order valence-corrected chi connectivity index (χ1v) is 8.28. The monoisotopic (exact) mass is 316 g/mol. The molecule has 3 heterocycles. The Morgan fingerprint density at radius 2 is 2.32 bits per heavy atom. The molecule has 2 bridgehead atoms. The van der Waals surface area contributed by atoms with E-state index >= 15 is 0 Å². The summed E-state index contributed by atoms with van der Waals surface area (Å²) in [5.41, 5.74) is 1.58. The minimum absolute atomic E-state index is 0.00371. The average Bonchev–Trinajstić information content (AvgIpc) is 3.23. The molecule has 1 aromatic carbocycles. The zero-order chi connectivity index (χ0) is 15.1. The van der Waals surface area contributed by atoms with Gasteiger partial charge in [0.15, 0.2) is 5.13 Å². The zero-order valence-corrected chi connectivity index (χ0v) is 12.7. The van der Waals surface area contributed by atoms with Crippen LogP contribution in [0.4, 0.5) is 5.13 Å². The van der Waals surface area contributed by atoms with Crippen LogP contribution in [0.2, 0.25) is 0 Å². The van der Waals surface area contributed by atoms with Gasteiger partial charge in [-0.25, -0.2) is 4.98 Å². The second-order valence-electron chi connectivity index (χ2n) is 5.79. The molecule has 2 N–H and O–H groups in total. The summed E-state index contributed by atoms with van der Waals surface area (Å²) in [4.78, 5) is 16.8. The lowest BCUT2D eigenvalue weighted by atomic mass is 9.89. The molecule has 0 saturated carbocycles. The van der Waals surface area contributed by atoms with E-state index in [0.29, 0.717) is 5.13 Å². The number of phenolic OH excluding ortho intramolecular Hbond substituents is 1. The lowest BCUT2D eigenvalue weighted by molar-refractivity contribution is -0.121. The maximum atomic E-state index is 12.3. The van der Waals surface area contributed by atoms with Gasteiger partial charge in [0.25, 0.3) is 0 Å². The summed E-state index contributed by atoms with van der Waals surface area (Å²) >= 11 is 1.39. The van der Waals surface area contributed by atoms with Crippen molar-refractivity contribution in [2.24, 2.45) is 5.92 Å². The lowest BCUT2D eigenvalue weighted by Gasteiger charge is -2.16. The number of thiazole rings is 1. The van der Waals surface area contributed by atoms with Crippen LogP contribution in [-0.4, -0.2) is 28.2 Å². The van der Waals surface area contributed by atoms with Crippen molar-refractivity contribution in [2.75, 3.05) is 5.32 Å². The van der Waals surface area contributed by atoms with Gasteiger partial charge in [0.1, 0.15) is 5.75 Å². The van der Waals surface area contributed by atoms with Crippen molar-refractivity contribution in [3.63, 3.8) is 0 Å². The SMILES string of the molecule is O=C(Nc1nc(-c2cccc(O)c2)cs1)C1CC2CCC1O2. The highest BCUT2D eigenvalue weighted by atomic mass is 32.1. The van der Waals surface area contributed by atoms with E-state index in [2.05, 4.69) is 10.3 Å². The predicted molar refractivity (Wildman–Crippen MR) is 83.8 cm³/mol. The number of nitrogens with one attached hydrogen (secondary N) is 1. The highest BCUT2D eigenvalue weighted by molar-refractivity contribution is 7.14. The normalized spacial score (nSPS) is 26.3. The molecule has 2 saturated heterocycles. The summed E-state index contributed by atoms with van der Waals surface area (Å²) in [6.07, 6.45) is 3.22. The number of phenols is 1. The van der Waals surface area contributed by atoms with Crippen molar-refractivity contribution in [2.45, 2.75) is 31.5 Å². The zero-order valence-electron chi connectivity index (χ0n) is 11.9. The third-order valence-electron chi connectivity index (χ3n) is 4.32. The Morgan fingerprint density at radius 3 is 3.05 bits per heavy atom. The number of amides is 1. The number of aromatic nitrogens is 1. The van der Waals surface area contributed by atoms with Gasteiger partial charge >= 0.3 is 0 Å². The van der Waals surface area contributed by atoms with Gasteiger partial charge in [-0.3, -0.25) is 4.79 Å². The summed E-state index contributed by atoms with van der Waals surface area (Å²) in [7, 11) is 0. The number of nitrogens with zero attached hydrogens (tertiary/aromatic N) is 1. The van der Waals surface area contributed by atoms with E-state index in [1.807, 2.05) is 11.4 Å². The molecule has 0 radical (unpaired) electrons. The van der Waals surface area contributed by atoms with Crippen LogP contribution < -0.4 is 5.32 Å². The van der Waals surface area contributed by atoms with Gasteiger partial charge in [-0.1, -0.05) is 12.1 Å². The largest absolute Gasteiger partial charge is 0.508 e. The summed E-state index contributed by atoms with van der Waals surface area (Å²) in [5.74, 6) is 0.158. The molecule has 3 unspecified atom stereocenters. The number of benzene rings is 1. The second kappa shape index (κ2) is 5.37. The van der Waals surface area contributed by atoms with Crippen LogP contribution in [0.3, 0.4) is 0 Å². The molecular weight excluding hydrogens is 300 g/mol. The van der Waals surface area contributed by atoms with Gasteiger partial charge in [-0.05, 0) is 31.4 Å². The Kier molecular flexibility index (Phi) is 3.35. The molecule has 1 aromatic heterocycles. The molecule has 5 nitrogen and oxygen atoms in total. The van der Waals surface area contributed by atoms with Crippen molar-refractivity contribution in [1.82, 2.24) is 4.98 Å². The van der Waals surface area contributed by atoms with E-state index in [0.717, 1.165) is 30.5 Å². The van der Waals surface area contributed by atoms with Crippen LogP contribution in [0.1, 0.15) is 19.3 Å². The van der Waals surface area contributed by atoms with Gasteiger partial charge in [-0.15, -0.1) is 11.3 Å². The fraction of sp³-hybridized carbons (Fsp3) is 0.375. The van der Waals surface area contributed by atoms with Gasteiger partial charge in [0.2, 0.25) is 5.91 Å². The van der Waals surface area contributed by atoms with Crippen molar-refractivity contribution in [3.05, 3.63) is 29.6 Å². The number of hydrogen-bond acceptors (Lipinski definition) is 5. The molecule has 2 aliphatic heterocycles. The summed E-state index contributed by atoms with van der Waals surface area (Å²) in [6, 6.07) is 6.93. The van der Waals surface area contributed by atoms with E-state index in [1.54, 1.807) is 18.2 Å². The number of aromatic hydroxyl groups is 1. The topological polar surface area (TPSA) is 71.5 Å². The van der Waals surface area contributed by atoms with Crippen LogP contribution in [0, 0.1) is 5.92 Å². The van der Waals surface area contributed by atoms with Gasteiger partial charge in [-0.2, -0.15) is 0 Å². The molecule has 2 aliphatic rings. The number of anilines is 1. The highest BCUT2D eigenvalue weighted by Crippen LogP contribution is 2.39. The molecule has 114 valence electrons. The third kappa shape index (κ3) is 2.48. The summed E-state index contributed by atoms with van der Waals surface area (Å²) in [5, 5.41) is 14.9. The second-order valence-corrected chi connectivity index (χ2v) is 6.65. The van der Waals surface area contributed by atoms with Crippen molar-refractivity contribution >= 4 is 22.4 Å². The molecule has 0 spiro atoms. The molecule has 22 heavy (non-hydrogen) atoms. The fourth-order valence-electron chi connectivity index (χ4n) is 3.24. The molecule has 4 rings (SSSR count). The molecule has 1 amide bonds. The van der Waals surface area contributed by atoms with E-state index in [-0.39, 0.29) is 29.8 Å². The number of carbonyl (C=O) groups is 1. The number of ether oxygens (including phenoxy) is 1. The molecular formula is C16H16N2O3S. The van der Waals surface area contributed by atoms with Gasteiger partial charge in [0, 0.05) is 10.9 Å². The Bertz CT molecular complexity index is 715. The van der Waals surface area contributed by atoms with E-state index < -0.39 is 0 Å². The quantitative estimate of drug-likeness (QED) is 0.913. The van der Waals surface area contributed by atoms with Crippen LogP contribution in [0.25, 0.3) is 11.3 Å². The minimum Gasteiger partial charge on any atom is -0.508 e. The molecule has 3 atom stereocenters. The maximum Gasteiger partial charge on any atom is 0.231 e. The van der Waals surface area contributed by atoms with Crippen molar-refractivity contribution in [3.8, 4) is 17.0 Å². The van der Waals surface area contributed by atoms with Gasteiger partial charge < -0.3 is 15.2 Å².